The third-order valence-electron chi connectivity index (χ3n) is 5.80. The van der Waals surface area contributed by atoms with E-state index in [0.717, 1.165) is 42.4 Å². The Hall–Kier alpha value is -3.22. The quantitative estimate of drug-likeness (QED) is 0.656. The minimum atomic E-state index is -0.0813. The molecule has 4 heterocycles. The molecule has 0 aromatic carbocycles. The number of pyridine rings is 1. The summed E-state index contributed by atoms with van der Waals surface area (Å²) in [4.78, 5) is 28.5. The molecule has 0 atom stereocenters. The maximum absolute atomic E-state index is 12.9. The molecule has 1 aliphatic carbocycles. The van der Waals surface area contributed by atoms with Gasteiger partial charge in [0.15, 0.2) is 0 Å². The van der Waals surface area contributed by atoms with Crippen molar-refractivity contribution in [1.29, 1.82) is 0 Å². The van der Waals surface area contributed by atoms with Crippen LogP contribution >= 0.6 is 0 Å². The average Bonchev–Trinajstić information content (AvgIpc) is 3.26. The molecule has 2 aliphatic rings. The summed E-state index contributed by atoms with van der Waals surface area (Å²) in [6, 6.07) is 7.65. The second-order valence-electron chi connectivity index (χ2n) is 8.18. The highest BCUT2D eigenvalue weighted by molar-refractivity contribution is 5.94. The van der Waals surface area contributed by atoms with Crippen LogP contribution in [0.5, 0.6) is 0 Å². The van der Waals surface area contributed by atoms with Gasteiger partial charge in [0.1, 0.15) is 5.69 Å². The first-order chi connectivity index (χ1) is 14.8. The Labute approximate surface area is 176 Å². The molecule has 0 spiro atoms. The van der Waals surface area contributed by atoms with Crippen LogP contribution in [0, 0.1) is 5.92 Å². The fourth-order valence-corrected chi connectivity index (χ4v) is 3.90. The molecular formula is C23H26N6O. The molecule has 0 radical (unpaired) electrons. The van der Waals surface area contributed by atoms with Crippen LogP contribution < -0.4 is 10.2 Å². The van der Waals surface area contributed by atoms with E-state index in [1.807, 2.05) is 36.7 Å². The number of rotatable bonds is 7. The van der Waals surface area contributed by atoms with Crippen LogP contribution in [-0.2, 0) is 13.1 Å². The highest BCUT2D eigenvalue weighted by atomic mass is 16.1. The Balaban J connectivity index is 1.35. The molecule has 1 aliphatic heterocycles. The molecule has 1 saturated carbocycles. The van der Waals surface area contributed by atoms with Gasteiger partial charge in [0.05, 0.1) is 12.2 Å². The fourth-order valence-electron chi connectivity index (χ4n) is 3.90. The van der Waals surface area contributed by atoms with Crippen molar-refractivity contribution in [3.8, 4) is 11.1 Å². The van der Waals surface area contributed by atoms with Gasteiger partial charge in [-0.05, 0) is 49.8 Å². The predicted molar refractivity (Wildman–Crippen MR) is 115 cm³/mol. The van der Waals surface area contributed by atoms with E-state index in [1.165, 1.54) is 25.7 Å². The fraction of sp³-hybridized carbons (Fsp3) is 0.391. The number of carbonyl (C=O) groups is 1. The number of anilines is 1. The van der Waals surface area contributed by atoms with Gasteiger partial charge in [-0.25, -0.2) is 9.97 Å². The molecule has 1 amide bonds. The number of nitrogens with one attached hydrogen (secondary N) is 1. The van der Waals surface area contributed by atoms with Gasteiger partial charge >= 0.3 is 0 Å². The van der Waals surface area contributed by atoms with Crippen LogP contribution in [0.4, 0.5) is 5.95 Å². The molecule has 1 N–H and O–H groups in total. The lowest BCUT2D eigenvalue weighted by atomic mass is 10.2. The second-order valence-corrected chi connectivity index (χ2v) is 8.18. The van der Waals surface area contributed by atoms with Crippen LogP contribution in [0.25, 0.3) is 11.1 Å². The Kier molecular flexibility index (Phi) is 5.17. The number of hydrogen-bond acceptors (Lipinski definition) is 5. The first-order valence-corrected chi connectivity index (χ1v) is 10.7. The van der Waals surface area contributed by atoms with E-state index in [1.54, 1.807) is 6.20 Å². The topological polar surface area (TPSA) is 75.9 Å². The van der Waals surface area contributed by atoms with Gasteiger partial charge in [-0.1, -0.05) is 6.07 Å². The lowest BCUT2D eigenvalue weighted by Gasteiger charge is -2.14. The van der Waals surface area contributed by atoms with Gasteiger partial charge in [-0.3, -0.25) is 9.78 Å². The second kappa shape index (κ2) is 8.26. The lowest BCUT2D eigenvalue weighted by molar-refractivity contribution is 0.0940. The highest BCUT2D eigenvalue weighted by Crippen LogP contribution is 2.32. The number of amides is 1. The minimum Gasteiger partial charge on any atom is -0.345 e. The van der Waals surface area contributed by atoms with Gasteiger partial charge in [-0.15, -0.1) is 0 Å². The Morgan fingerprint density at radius 3 is 2.57 bits per heavy atom. The molecule has 1 saturated heterocycles. The predicted octanol–water partition coefficient (Wildman–Crippen LogP) is 3.28. The molecular weight excluding hydrogens is 376 g/mol. The maximum Gasteiger partial charge on any atom is 0.268 e. The van der Waals surface area contributed by atoms with E-state index in [9.17, 15) is 4.79 Å². The third-order valence-corrected chi connectivity index (χ3v) is 5.80. The maximum atomic E-state index is 12.9. The zero-order chi connectivity index (χ0) is 20.3. The molecule has 2 fully saturated rings. The van der Waals surface area contributed by atoms with E-state index in [2.05, 4.69) is 35.9 Å². The van der Waals surface area contributed by atoms with Gasteiger partial charge in [0, 0.05) is 55.5 Å². The van der Waals surface area contributed by atoms with E-state index in [-0.39, 0.29) is 5.91 Å². The van der Waals surface area contributed by atoms with Gasteiger partial charge < -0.3 is 14.8 Å². The van der Waals surface area contributed by atoms with Gasteiger partial charge in [0.2, 0.25) is 5.95 Å². The first-order valence-electron chi connectivity index (χ1n) is 10.7. The van der Waals surface area contributed by atoms with Crippen molar-refractivity contribution in [1.82, 2.24) is 24.8 Å². The van der Waals surface area contributed by atoms with Crippen molar-refractivity contribution >= 4 is 11.9 Å². The van der Waals surface area contributed by atoms with E-state index >= 15 is 0 Å². The zero-order valence-corrected chi connectivity index (χ0v) is 17.0. The van der Waals surface area contributed by atoms with Crippen LogP contribution in [0.15, 0.2) is 49.1 Å². The van der Waals surface area contributed by atoms with Crippen LogP contribution in [-0.4, -0.2) is 38.5 Å². The zero-order valence-electron chi connectivity index (χ0n) is 17.0. The third kappa shape index (κ3) is 4.20. The summed E-state index contributed by atoms with van der Waals surface area (Å²) in [5.74, 6) is 1.38. The first kappa shape index (κ1) is 18.8. The van der Waals surface area contributed by atoms with E-state index in [0.29, 0.717) is 18.2 Å². The monoisotopic (exact) mass is 402 g/mol. The average molecular weight is 403 g/mol. The largest absolute Gasteiger partial charge is 0.345 e. The van der Waals surface area contributed by atoms with Crippen molar-refractivity contribution < 1.29 is 4.79 Å². The normalized spacial score (nSPS) is 16.1. The Morgan fingerprint density at radius 2 is 1.87 bits per heavy atom. The SMILES string of the molecule is O=C(NCc1ccccn1)c1cc(-c2cnc(N3CCCC3)nc2)cn1CC1CC1. The lowest BCUT2D eigenvalue weighted by Crippen LogP contribution is -2.26. The van der Waals surface area contributed by atoms with Crippen LogP contribution in [0.3, 0.4) is 0 Å². The summed E-state index contributed by atoms with van der Waals surface area (Å²) in [6.07, 6.45) is 12.4. The highest BCUT2D eigenvalue weighted by Gasteiger charge is 2.25. The molecule has 7 nitrogen and oxygen atoms in total. The summed E-state index contributed by atoms with van der Waals surface area (Å²) >= 11 is 0. The Morgan fingerprint density at radius 1 is 1.07 bits per heavy atom. The molecule has 5 rings (SSSR count). The van der Waals surface area contributed by atoms with Crippen molar-refractivity contribution in [3.63, 3.8) is 0 Å². The van der Waals surface area contributed by atoms with Crippen molar-refractivity contribution in [3.05, 3.63) is 60.4 Å². The summed E-state index contributed by atoms with van der Waals surface area (Å²) < 4.78 is 2.08. The smallest absolute Gasteiger partial charge is 0.268 e. The Bertz CT molecular complexity index is 1000. The number of hydrogen-bond donors (Lipinski definition) is 1. The van der Waals surface area contributed by atoms with Crippen LogP contribution in [0.1, 0.15) is 41.9 Å². The van der Waals surface area contributed by atoms with Crippen molar-refractivity contribution in [2.24, 2.45) is 5.92 Å². The van der Waals surface area contributed by atoms with E-state index < -0.39 is 0 Å². The molecule has 3 aromatic rings. The minimum absolute atomic E-state index is 0.0813. The summed E-state index contributed by atoms with van der Waals surface area (Å²) in [6.45, 7) is 3.34. The number of aromatic nitrogens is 4. The molecule has 30 heavy (non-hydrogen) atoms. The van der Waals surface area contributed by atoms with Gasteiger partial charge in [0.25, 0.3) is 5.91 Å². The van der Waals surface area contributed by atoms with Crippen molar-refractivity contribution in [2.75, 3.05) is 18.0 Å². The molecule has 154 valence electrons. The summed E-state index contributed by atoms with van der Waals surface area (Å²) in [5.41, 5.74) is 3.44. The summed E-state index contributed by atoms with van der Waals surface area (Å²) in [7, 11) is 0. The standard InChI is InChI=1S/C23H26N6O/c30-22(25-14-20-5-1-2-8-24-20)21-11-18(16-29(21)15-17-6-7-17)19-12-26-23(27-13-19)28-9-3-4-10-28/h1-2,5,8,11-13,16-17H,3-4,6-7,9-10,14-15H2,(H,25,30). The number of carbonyl (C=O) groups excluding carboxylic acids is 1. The van der Waals surface area contributed by atoms with Gasteiger partial charge in [-0.2, -0.15) is 0 Å². The van der Waals surface area contributed by atoms with Crippen molar-refractivity contribution in [2.45, 2.75) is 38.8 Å². The van der Waals surface area contributed by atoms with Crippen LogP contribution in [0.2, 0.25) is 0 Å². The molecule has 0 unspecified atom stereocenters. The summed E-state index contributed by atoms with van der Waals surface area (Å²) in [5, 5.41) is 3.00. The molecule has 7 heteroatoms. The number of nitrogens with zero attached hydrogens (tertiary/aromatic N) is 5. The van der Waals surface area contributed by atoms with E-state index in [4.69, 9.17) is 0 Å². The molecule has 3 aromatic heterocycles. The molecule has 0 bridgehead atoms.